The molecule has 0 atom stereocenters. The highest BCUT2D eigenvalue weighted by Gasteiger charge is 2.16. The second-order valence-corrected chi connectivity index (χ2v) is 6.26. The van der Waals surface area contributed by atoms with E-state index in [4.69, 9.17) is 9.47 Å². The number of hydrogen-bond donors (Lipinski definition) is 0. The maximum Gasteiger partial charge on any atom is 0.213 e. The van der Waals surface area contributed by atoms with Crippen molar-refractivity contribution in [2.75, 3.05) is 14.2 Å². The van der Waals surface area contributed by atoms with Crippen molar-refractivity contribution in [3.63, 3.8) is 0 Å². The highest BCUT2D eigenvalue weighted by molar-refractivity contribution is 6.51. The lowest BCUT2D eigenvalue weighted by atomic mass is 10.0. The summed E-state index contributed by atoms with van der Waals surface area (Å²) in [5.74, 6) is 1.06. The van der Waals surface area contributed by atoms with Crippen LogP contribution < -0.4 is 9.47 Å². The first-order valence-electron chi connectivity index (χ1n) is 9.14. The fourth-order valence-electron chi connectivity index (χ4n) is 2.80. The Labute approximate surface area is 170 Å². The number of ketones is 1. The Balaban J connectivity index is 2.01. The van der Waals surface area contributed by atoms with E-state index in [0.717, 1.165) is 5.56 Å². The molecule has 0 aliphatic rings. The largest absolute Gasteiger partial charge is 0.493 e. The first kappa shape index (κ1) is 20.0. The Kier molecular flexibility index (Phi) is 6.53. The van der Waals surface area contributed by atoms with E-state index in [0.29, 0.717) is 28.3 Å². The van der Waals surface area contributed by atoms with Gasteiger partial charge in [-0.1, -0.05) is 60.7 Å². The van der Waals surface area contributed by atoms with Crippen molar-refractivity contribution in [2.45, 2.75) is 6.92 Å². The molecule has 0 saturated carbocycles. The van der Waals surface area contributed by atoms with Crippen LogP contribution in [0.3, 0.4) is 0 Å². The van der Waals surface area contributed by atoms with Gasteiger partial charge in [-0.3, -0.25) is 4.79 Å². The van der Waals surface area contributed by atoms with Crippen LogP contribution in [-0.2, 0) is 0 Å². The van der Waals surface area contributed by atoms with Crippen LogP contribution in [0.1, 0.15) is 28.4 Å². The Bertz CT molecular complexity index is 1040. The molecule has 0 radical (unpaired) electrons. The zero-order valence-corrected chi connectivity index (χ0v) is 16.6. The topological polar surface area (TPSA) is 60.2 Å². The van der Waals surface area contributed by atoms with Gasteiger partial charge in [-0.05, 0) is 25.1 Å². The number of rotatable bonds is 7. The van der Waals surface area contributed by atoms with Gasteiger partial charge < -0.3 is 9.47 Å². The second-order valence-electron chi connectivity index (χ2n) is 6.26. The smallest absolute Gasteiger partial charge is 0.213 e. The molecule has 0 saturated heterocycles. The first-order chi connectivity index (χ1) is 14.1. The van der Waals surface area contributed by atoms with E-state index < -0.39 is 0 Å². The van der Waals surface area contributed by atoms with E-state index in [9.17, 15) is 4.79 Å². The van der Waals surface area contributed by atoms with E-state index in [-0.39, 0.29) is 11.5 Å². The van der Waals surface area contributed by atoms with Gasteiger partial charge in [-0.25, -0.2) is 0 Å². The van der Waals surface area contributed by atoms with Crippen LogP contribution in [0.25, 0.3) is 0 Å². The van der Waals surface area contributed by atoms with E-state index >= 15 is 0 Å². The summed E-state index contributed by atoms with van der Waals surface area (Å²) in [5, 5.41) is 8.66. The monoisotopic (exact) mass is 386 g/mol. The fraction of sp³-hybridized carbons (Fsp3) is 0.125. The fourth-order valence-corrected chi connectivity index (χ4v) is 2.80. The molecule has 0 amide bonds. The SMILES string of the molecule is COc1ccc(/C(C)=N\N=C(/C(=O)c2ccccc2)c2ccccc2)cc1OC. The molecular formula is C24H22N2O3. The Morgan fingerprint density at radius 2 is 1.28 bits per heavy atom. The normalized spacial score (nSPS) is 11.8. The van der Waals surface area contributed by atoms with Crippen LogP contribution in [0.5, 0.6) is 11.5 Å². The number of nitrogens with zero attached hydrogens (tertiary/aromatic N) is 2. The van der Waals surface area contributed by atoms with Crippen molar-refractivity contribution in [1.29, 1.82) is 0 Å². The minimum atomic E-state index is -0.180. The minimum absolute atomic E-state index is 0.180. The third-order valence-corrected chi connectivity index (χ3v) is 4.40. The summed E-state index contributed by atoms with van der Waals surface area (Å²) >= 11 is 0. The summed E-state index contributed by atoms with van der Waals surface area (Å²) in [7, 11) is 3.17. The highest BCUT2D eigenvalue weighted by Crippen LogP contribution is 2.27. The number of benzene rings is 3. The van der Waals surface area contributed by atoms with E-state index in [1.54, 1.807) is 26.4 Å². The maximum absolute atomic E-state index is 13.0. The predicted molar refractivity (Wildman–Crippen MR) is 116 cm³/mol. The van der Waals surface area contributed by atoms with Crippen LogP contribution in [0.15, 0.2) is 89.1 Å². The summed E-state index contributed by atoms with van der Waals surface area (Å²) in [6.07, 6.45) is 0. The quantitative estimate of drug-likeness (QED) is 0.333. The number of hydrogen-bond acceptors (Lipinski definition) is 5. The molecule has 0 heterocycles. The first-order valence-corrected chi connectivity index (χ1v) is 9.14. The van der Waals surface area contributed by atoms with Crippen molar-refractivity contribution in [2.24, 2.45) is 10.2 Å². The zero-order valence-electron chi connectivity index (χ0n) is 16.6. The molecule has 0 unspecified atom stereocenters. The third kappa shape index (κ3) is 4.76. The van der Waals surface area contributed by atoms with Gasteiger partial charge >= 0.3 is 0 Å². The third-order valence-electron chi connectivity index (χ3n) is 4.40. The average Bonchev–Trinajstić information content (AvgIpc) is 2.79. The molecule has 0 aliphatic carbocycles. The zero-order chi connectivity index (χ0) is 20.6. The van der Waals surface area contributed by atoms with Crippen molar-refractivity contribution in [1.82, 2.24) is 0 Å². The van der Waals surface area contributed by atoms with Gasteiger partial charge in [-0.15, -0.1) is 5.10 Å². The standard InChI is InChI=1S/C24H22N2O3/c1-17(20-14-15-21(28-2)22(16-20)29-3)25-26-23(18-10-6-4-7-11-18)24(27)19-12-8-5-9-13-19/h4-16H,1-3H3/b25-17-,26-23-. The lowest BCUT2D eigenvalue weighted by Crippen LogP contribution is -2.15. The van der Waals surface area contributed by atoms with Crippen LogP contribution >= 0.6 is 0 Å². The molecule has 0 N–H and O–H groups in total. The van der Waals surface area contributed by atoms with Gasteiger partial charge in [0.1, 0.15) is 5.71 Å². The molecular weight excluding hydrogens is 364 g/mol. The average molecular weight is 386 g/mol. The lowest BCUT2D eigenvalue weighted by molar-refractivity contribution is 0.106. The molecule has 5 heteroatoms. The lowest BCUT2D eigenvalue weighted by Gasteiger charge is -2.09. The van der Waals surface area contributed by atoms with Crippen molar-refractivity contribution in [3.8, 4) is 11.5 Å². The predicted octanol–water partition coefficient (Wildman–Crippen LogP) is 4.80. The molecule has 3 aromatic carbocycles. The molecule has 5 nitrogen and oxygen atoms in total. The molecule has 146 valence electrons. The molecule has 0 bridgehead atoms. The van der Waals surface area contributed by atoms with Crippen LogP contribution in [0, 0.1) is 0 Å². The number of carbonyl (C=O) groups is 1. The van der Waals surface area contributed by atoms with Crippen molar-refractivity contribution >= 4 is 17.2 Å². The van der Waals surface area contributed by atoms with Crippen molar-refractivity contribution in [3.05, 3.63) is 95.6 Å². The number of Topliss-reactive ketones (excluding diaryl/α,β-unsaturated/α-hetero) is 1. The second kappa shape index (κ2) is 9.46. The molecule has 0 aliphatic heterocycles. The van der Waals surface area contributed by atoms with Crippen LogP contribution in [0.4, 0.5) is 0 Å². The highest BCUT2D eigenvalue weighted by atomic mass is 16.5. The summed E-state index contributed by atoms with van der Waals surface area (Å²) in [4.78, 5) is 13.0. The molecule has 3 aromatic rings. The van der Waals surface area contributed by atoms with Gasteiger partial charge in [0, 0.05) is 16.7 Å². The van der Waals surface area contributed by atoms with Gasteiger partial charge in [-0.2, -0.15) is 5.10 Å². The molecule has 3 rings (SSSR count). The van der Waals surface area contributed by atoms with Gasteiger partial charge in [0.2, 0.25) is 5.78 Å². The van der Waals surface area contributed by atoms with Gasteiger partial charge in [0.05, 0.1) is 19.9 Å². The Morgan fingerprint density at radius 1 is 0.690 bits per heavy atom. The van der Waals surface area contributed by atoms with Crippen LogP contribution in [0.2, 0.25) is 0 Å². The minimum Gasteiger partial charge on any atom is -0.493 e. The maximum atomic E-state index is 13.0. The summed E-state index contributed by atoms with van der Waals surface area (Å²) in [6, 6.07) is 23.9. The van der Waals surface area contributed by atoms with E-state index in [2.05, 4.69) is 10.2 Å². The molecule has 0 spiro atoms. The number of methoxy groups -OCH3 is 2. The van der Waals surface area contributed by atoms with Gasteiger partial charge in [0.25, 0.3) is 0 Å². The van der Waals surface area contributed by atoms with Crippen molar-refractivity contribution < 1.29 is 14.3 Å². The van der Waals surface area contributed by atoms with Crippen LogP contribution in [-0.4, -0.2) is 31.4 Å². The summed E-state index contributed by atoms with van der Waals surface area (Å²) < 4.78 is 10.6. The molecule has 0 aromatic heterocycles. The van der Waals surface area contributed by atoms with E-state index in [1.807, 2.05) is 73.7 Å². The number of carbonyl (C=O) groups excluding carboxylic acids is 1. The summed E-state index contributed by atoms with van der Waals surface area (Å²) in [6.45, 7) is 1.83. The van der Waals surface area contributed by atoms with E-state index in [1.165, 1.54) is 0 Å². The van der Waals surface area contributed by atoms with Gasteiger partial charge in [0.15, 0.2) is 11.5 Å². The Morgan fingerprint density at radius 3 is 1.86 bits per heavy atom. The number of ether oxygens (including phenoxy) is 2. The molecule has 29 heavy (non-hydrogen) atoms. The Hall–Kier alpha value is -3.73. The summed E-state index contributed by atoms with van der Waals surface area (Å²) in [5.41, 5.74) is 3.04. The molecule has 0 fully saturated rings.